The van der Waals surface area contributed by atoms with E-state index < -0.39 is 0 Å². The molecule has 6 nitrogen and oxygen atoms in total. The topological polar surface area (TPSA) is 84.2 Å². The summed E-state index contributed by atoms with van der Waals surface area (Å²) >= 11 is 0. The Morgan fingerprint density at radius 2 is 1.96 bits per heavy atom. The molecule has 1 heterocycles. The number of benzene rings is 1. The van der Waals surface area contributed by atoms with Crippen LogP contribution in [0, 0.1) is 5.92 Å². The molecule has 0 aliphatic carbocycles. The predicted octanol–water partition coefficient (Wildman–Crippen LogP) is 1.43. The number of nitrogens with one attached hydrogen (secondary N) is 1. The summed E-state index contributed by atoms with van der Waals surface area (Å²) in [7, 11) is 0. The average Bonchev–Trinajstić information content (AvgIpc) is 2.61. The molecule has 0 saturated carbocycles. The largest absolute Gasteiger partial charge is 0.394 e. The number of aliphatic hydroxyl groups is 1. The number of aromatic nitrogens is 2. The van der Waals surface area contributed by atoms with Gasteiger partial charge in [-0.3, -0.25) is 9.59 Å². The number of amides is 1. The maximum Gasteiger partial charge on any atom is 0.267 e. The van der Waals surface area contributed by atoms with Crippen LogP contribution in [0.25, 0.3) is 11.3 Å². The molecule has 0 fully saturated rings. The first-order valence-corrected chi connectivity index (χ1v) is 8.09. The Hall–Kier alpha value is -2.47. The van der Waals surface area contributed by atoms with E-state index in [1.54, 1.807) is 6.07 Å². The van der Waals surface area contributed by atoms with Crippen molar-refractivity contribution in [3.05, 3.63) is 52.8 Å². The Bertz CT molecular complexity index is 728. The second-order valence-corrected chi connectivity index (χ2v) is 5.82. The molecular formula is C18H23N3O3. The first-order valence-electron chi connectivity index (χ1n) is 8.09. The molecule has 2 aromatic rings. The summed E-state index contributed by atoms with van der Waals surface area (Å²) in [5.74, 6) is -0.187. The standard InChI is InChI=1S/C18H23N3O3/c1-3-13(2)16(12-22)19-17(23)11-21-18(24)10-9-15(20-21)14-7-5-4-6-8-14/h4-10,13,16,22H,3,11-12H2,1-2H3,(H,19,23)/t13-,16+/m1/s1. The third kappa shape index (κ3) is 4.52. The van der Waals surface area contributed by atoms with Crippen molar-refractivity contribution in [2.75, 3.05) is 6.61 Å². The van der Waals surface area contributed by atoms with Crippen LogP contribution in [0.2, 0.25) is 0 Å². The Morgan fingerprint density at radius 3 is 2.58 bits per heavy atom. The van der Waals surface area contributed by atoms with E-state index in [2.05, 4.69) is 10.4 Å². The number of hydrogen-bond acceptors (Lipinski definition) is 4. The fourth-order valence-electron chi connectivity index (χ4n) is 2.37. The zero-order valence-electron chi connectivity index (χ0n) is 14.0. The molecule has 0 saturated heterocycles. The van der Waals surface area contributed by atoms with Crippen molar-refractivity contribution in [1.82, 2.24) is 15.1 Å². The molecule has 1 amide bonds. The number of carbonyl (C=O) groups excluding carboxylic acids is 1. The molecule has 128 valence electrons. The van der Waals surface area contributed by atoms with E-state index >= 15 is 0 Å². The normalized spacial score (nSPS) is 13.3. The molecule has 6 heteroatoms. The Morgan fingerprint density at radius 1 is 1.25 bits per heavy atom. The molecule has 0 bridgehead atoms. The Labute approximate surface area is 141 Å². The van der Waals surface area contributed by atoms with Gasteiger partial charge in [0.1, 0.15) is 6.54 Å². The van der Waals surface area contributed by atoms with E-state index in [-0.39, 0.29) is 36.6 Å². The monoisotopic (exact) mass is 329 g/mol. The van der Waals surface area contributed by atoms with Gasteiger partial charge in [-0.2, -0.15) is 5.10 Å². The lowest BCUT2D eigenvalue weighted by Crippen LogP contribution is -2.44. The molecule has 0 unspecified atom stereocenters. The van der Waals surface area contributed by atoms with Crippen LogP contribution in [0.4, 0.5) is 0 Å². The van der Waals surface area contributed by atoms with Crippen LogP contribution in [-0.2, 0) is 11.3 Å². The van der Waals surface area contributed by atoms with E-state index in [0.717, 1.165) is 16.7 Å². The maximum atomic E-state index is 12.2. The molecule has 0 radical (unpaired) electrons. The lowest BCUT2D eigenvalue weighted by atomic mass is 10.00. The second kappa shape index (κ2) is 8.40. The average molecular weight is 329 g/mol. The zero-order valence-corrected chi connectivity index (χ0v) is 14.0. The lowest BCUT2D eigenvalue weighted by Gasteiger charge is -2.22. The third-order valence-corrected chi connectivity index (χ3v) is 4.10. The minimum absolute atomic E-state index is 0.132. The van der Waals surface area contributed by atoms with Crippen LogP contribution in [0.3, 0.4) is 0 Å². The first-order chi connectivity index (χ1) is 11.5. The number of rotatable bonds is 7. The van der Waals surface area contributed by atoms with Crippen LogP contribution in [0.15, 0.2) is 47.3 Å². The molecule has 0 aliphatic rings. The van der Waals surface area contributed by atoms with Gasteiger partial charge in [-0.15, -0.1) is 0 Å². The van der Waals surface area contributed by atoms with Crippen LogP contribution in [0.1, 0.15) is 20.3 Å². The quantitative estimate of drug-likeness (QED) is 0.805. The molecule has 1 aromatic heterocycles. The molecular weight excluding hydrogens is 306 g/mol. The molecule has 2 rings (SSSR count). The Kier molecular flexibility index (Phi) is 6.26. The van der Waals surface area contributed by atoms with Gasteiger partial charge in [0.15, 0.2) is 0 Å². The van der Waals surface area contributed by atoms with Crippen LogP contribution in [0.5, 0.6) is 0 Å². The summed E-state index contributed by atoms with van der Waals surface area (Å²) in [6.45, 7) is 3.65. The van der Waals surface area contributed by atoms with Gasteiger partial charge in [0.05, 0.1) is 18.3 Å². The number of aliphatic hydroxyl groups excluding tert-OH is 1. The Balaban J connectivity index is 2.14. The highest BCUT2D eigenvalue weighted by atomic mass is 16.3. The highest BCUT2D eigenvalue weighted by Crippen LogP contribution is 2.14. The number of carbonyl (C=O) groups is 1. The number of hydrogen-bond donors (Lipinski definition) is 2. The third-order valence-electron chi connectivity index (χ3n) is 4.10. The van der Waals surface area contributed by atoms with Gasteiger partial charge in [-0.05, 0) is 12.0 Å². The second-order valence-electron chi connectivity index (χ2n) is 5.82. The van der Waals surface area contributed by atoms with E-state index in [1.165, 1.54) is 6.07 Å². The van der Waals surface area contributed by atoms with Gasteiger partial charge in [-0.1, -0.05) is 50.6 Å². The summed E-state index contributed by atoms with van der Waals surface area (Å²) in [6.07, 6.45) is 0.840. The van der Waals surface area contributed by atoms with Crippen LogP contribution in [-0.4, -0.2) is 33.4 Å². The van der Waals surface area contributed by atoms with E-state index in [0.29, 0.717) is 5.69 Å². The summed E-state index contributed by atoms with van der Waals surface area (Å²) in [5.41, 5.74) is 1.16. The van der Waals surface area contributed by atoms with E-state index in [4.69, 9.17) is 0 Å². The zero-order chi connectivity index (χ0) is 17.5. The molecule has 24 heavy (non-hydrogen) atoms. The van der Waals surface area contributed by atoms with Gasteiger partial charge < -0.3 is 10.4 Å². The minimum Gasteiger partial charge on any atom is -0.394 e. The van der Waals surface area contributed by atoms with E-state index in [9.17, 15) is 14.7 Å². The summed E-state index contributed by atoms with van der Waals surface area (Å²) in [5, 5.41) is 16.4. The van der Waals surface area contributed by atoms with Crippen molar-refractivity contribution in [1.29, 1.82) is 0 Å². The highest BCUT2D eigenvalue weighted by molar-refractivity contribution is 5.76. The van der Waals surface area contributed by atoms with E-state index in [1.807, 2.05) is 44.2 Å². The molecule has 2 atom stereocenters. The molecule has 1 aromatic carbocycles. The van der Waals surface area contributed by atoms with Crippen molar-refractivity contribution in [2.24, 2.45) is 5.92 Å². The molecule has 0 spiro atoms. The van der Waals surface area contributed by atoms with Crippen molar-refractivity contribution in [3.8, 4) is 11.3 Å². The van der Waals surface area contributed by atoms with Crippen LogP contribution >= 0.6 is 0 Å². The highest BCUT2D eigenvalue weighted by Gasteiger charge is 2.18. The summed E-state index contributed by atoms with van der Waals surface area (Å²) < 4.78 is 1.14. The SMILES string of the molecule is CC[C@@H](C)[C@H](CO)NC(=O)Cn1nc(-c2ccccc2)ccc1=O. The van der Waals surface area contributed by atoms with Gasteiger partial charge >= 0.3 is 0 Å². The van der Waals surface area contributed by atoms with Gasteiger partial charge in [0.2, 0.25) is 5.91 Å². The van der Waals surface area contributed by atoms with Gasteiger partial charge in [0.25, 0.3) is 5.56 Å². The summed E-state index contributed by atoms with van der Waals surface area (Å²) in [4.78, 5) is 24.1. The summed E-state index contributed by atoms with van der Waals surface area (Å²) in [6, 6.07) is 12.2. The first kappa shape index (κ1) is 17.9. The van der Waals surface area contributed by atoms with Crippen molar-refractivity contribution >= 4 is 5.91 Å². The number of nitrogens with zero attached hydrogens (tertiary/aromatic N) is 2. The lowest BCUT2D eigenvalue weighted by molar-refractivity contribution is -0.123. The molecule has 0 aliphatic heterocycles. The van der Waals surface area contributed by atoms with Crippen molar-refractivity contribution in [2.45, 2.75) is 32.9 Å². The fraction of sp³-hybridized carbons (Fsp3) is 0.389. The smallest absolute Gasteiger partial charge is 0.267 e. The predicted molar refractivity (Wildman–Crippen MR) is 92.4 cm³/mol. The van der Waals surface area contributed by atoms with Gasteiger partial charge in [-0.25, -0.2) is 4.68 Å². The fourth-order valence-corrected chi connectivity index (χ4v) is 2.37. The van der Waals surface area contributed by atoms with Gasteiger partial charge in [0, 0.05) is 11.6 Å². The molecule has 2 N–H and O–H groups in total. The maximum absolute atomic E-state index is 12.2. The minimum atomic E-state index is -0.339. The van der Waals surface area contributed by atoms with Crippen LogP contribution < -0.4 is 10.9 Å². The van der Waals surface area contributed by atoms with Crippen molar-refractivity contribution in [3.63, 3.8) is 0 Å². The van der Waals surface area contributed by atoms with Crippen molar-refractivity contribution < 1.29 is 9.90 Å².